The summed E-state index contributed by atoms with van der Waals surface area (Å²) >= 11 is 0. The van der Waals surface area contributed by atoms with E-state index in [1.807, 2.05) is 25.2 Å². The summed E-state index contributed by atoms with van der Waals surface area (Å²) in [6, 6.07) is 0. The standard InChI is InChI=1S/C22H36O5/c1-2-8-18(15-23)21(26)12-7-9-17-13-14-22(27)20(17)11-6-4-3-5-10-19(25)16-24/h4,6-7,9,17-18,20-21,23-24,26H,2-3,5,8,10-16H2,1H3/t17-,18?,20+,21?/m0/s1. The number of aliphatic hydroxyl groups is 3. The van der Waals surface area contributed by atoms with Crippen molar-refractivity contribution in [2.75, 3.05) is 13.2 Å². The number of ketones is 2. The molecular formula is C22H36O5. The van der Waals surface area contributed by atoms with Crippen molar-refractivity contribution in [1.29, 1.82) is 0 Å². The van der Waals surface area contributed by atoms with Crippen LogP contribution in [0.15, 0.2) is 24.3 Å². The van der Waals surface area contributed by atoms with Gasteiger partial charge in [-0.05, 0) is 44.4 Å². The second-order valence-corrected chi connectivity index (χ2v) is 7.53. The van der Waals surface area contributed by atoms with Gasteiger partial charge in [0.1, 0.15) is 12.4 Å². The summed E-state index contributed by atoms with van der Waals surface area (Å²) in [6.45, 7) is 1.65. The van der Waals surface area contributed by atoms with E-state index >= 15 is 0 Å². The lowest BCUT2D eigenvalue weighted by molar-refractivity contribution is -0.122. The molecule has 1 aliphatic rings. The Morgan fingerprint density at radius 2 is 2.04 bits per heavy atom. The van der Waals surface area contributed by atoms with Gasteiger partial charge >= 0.3 is 0 Å². The molecule has 1 aliphatic carbocycles. The smallest absolute Gasteiger partial charge is 0.158 e. The lowest BCUT2D eigenvalue weighted by Crippen LogP contribution is -2.23. The molecule has 1 fully saturated rings. The maximum atomic E-state index is 12.1. The second kappa shape index (κ2) is 13.8. The lowest BCUT2D eigenvalue weighted by Gasteiger charge is -2.19. The Bertz CT molecular complexity index is 497. The van der Waals surface area contributed by atoms with E-state index in [2.05, 4.69) is 6.08 Å². The highest BCUT2D eigenvalue weighted by Gasteiger charge is 2.31. The van der Waals surface area contributed by atoms with Crippen LogP contribution in [0.2, 0.25) is 0 Å². The first-order valence-electron chi connectivity index (χ1n) is 10.3. The van der Waals surface area contributed by atoms with Crippen molar-refractivity contribution in [2.45, 2.75) is 70.8 Å². The van der Waals surface area contributed by atoms with Gasteiger partial charge < -0.3 is 15.3 Å². The molecule has 4 atom stereocenters. The van der Waals surface area contributed by atoms with Gasteiger partial charge in [-0.15, -0.1) is 0 Å². The fraction of sp³-hybridized carbons (Fsp3) is 0.727. The summed E-state index contributed by atoms with van der Waals surface area (Å²) in [5, 5.41) is 28.2. The third kappa shape index (κ3) is 8.96. The van der Waals surface area contributed by atoms with E-state index in [9.17, 15) is 19.8 Å². The van der Waals surface area contributed by atoms with E-state index in [1.54, 1.807) is 0 Å². The molecule has 0 aliphatic heterocycles. The Hall–Kier alpha value is -1.30. The Labute approximate surface area is 163 Å². The van der Waals surface area contributed by atoms with Gasteiger partial charge in [0.2, 0.25) is 0 Å². The predicted molar refractivity (Wildman–Crippen MR) is 106 cm³/mol. The van der Waals surface area contributed by atoms with Gasteiger partial charge in [-0.2, -0.15) is 0 Å². The topological polar surface area (TPSA) is 94.8 Å². The second-order valence-electron chi connectivity index (χ2n) is 7.53. The van der Waals surface area contributed by atoms with Crippen LogP contribution in [0.5, 0.6) is 0 Å². The SMILES string of the molecule is CCCC(CO)C(O)CC=C[C@H]1CCC(=O)[C@@H]1CC=CCCCC(=O)CO. The Balaban J connectivity index is 2.41. The summed E-state index contributed by atoms with van der Waals surface area (Å²) in [5.74, 6) is 0.289. The minimum absolute atomic E-state index is 0.00185. The number of hydrogen-bond acceptors (Lipinski definition) is 5. The molecule has 0 aromatic rings. The molecule has 0 saturated heterocycles. The Kier molecular flexibility index (Phi) is 12.1. The summed E-state index contributed by atoms with van der Waals surface area (Å²) < 4.78 is 0. The average molecular weight is 381 g/mol. The van der Waals surface area contributed by atoms with Crippen LogP contribution in [0.1, 0.15) is 64.7 Å². The molecule has 1 saturated carbocycles. The maximum absolute atomic E-state index is 12.1. The molecule has 0 spiro atoms. The molecule has 27 heavy (non-hydrogen) atoms. The van der Waals surface area contributed by atoms with Crippen molar-refractivity contribution in [3.63, 3.8) is 0 Å². The van der Waals surface area contributed by atoms with Gasteiger partial charge in [0.05, 0.1) is 6.10 Å². The van der Waals surface area contributed by atoms with Gasteiger partial charge in [-0.1, -0.05) is 37.6 Å². The maximum Gasteiger partial charge on any atom is 0.158 e. The summed E-state index contributed by atoms with van der Waals surface area (Å²) in [6.07, 6.45) is 13.8. The molecule has 0 amide bonds. The van der Waals surface area contributed by atoms with Crippen LogP contribution in [0, 0.1) is 17.8 Å². The van der Waals surface area contributed by atoms with Crippen LogP contribution in [-0.4, -0.2) is 46.2 Å². The van der Waals surface area contributed by atoms with Crippen molar-refractivity contribution in [3.05, 3.63) is 24.3 Å². The number of allylic oxidation sites excluding steroid dienone is 3. The molecule has 2 unspecified atom stereocenters. The minimum Gasteiger partial charge on any atom is -0.396 e. The van der Waals surface area contributed by atoms with E-state index in [-0.39, 0.29) is 36.8 Å². The summed E-state index contributed by atoms with van der Waals surface area (Å²) in [4.78, 5) is 23.2. The van der Waals surface area contributed by atoms with Crippen molar-refractivity contribution in [1.82, 2.24) is 0 Å². The molecule has 5 heteroatoms. The number of hydrogen-bond donors (Lipinski definition) is 3. The quantitative estimate of drug-likeness (QED) is 0.318. The highest BCUT2D eigenvalue weighted by molar-refractivity contribution is 5.83. The lowest BCUT2D eigenvalue weighted by atomic mass is 9.90. The number of rotatable bonds is 14. The first-order chi connectivity index (χ1) is 13.0. The van der Waals surface area contributed by atoms with Crippen LogP contribution in [0.4, 0.5) is 0 Å². The molecule has 0 aromatic heterocycles. The van der Waals surface area contributed by atoms with E-state index in [0.29, 0.717) is 31.5 Å². The van der Waals surface area contributed by atoms with Gasteiger partial charge in [-0.3, -0.25) is 9.59 Å². The molecule has 0 bridgehead atoms. The zero-order valence-corrected chi connectivity index (χ0v) is 16.6. The van der Waals surface area contributed by atoms with E-state index in [1.165, 1.54) is 0 Å². The first-order valence-corrected chi connectivity index (χ1v) is 10.3. The molecule has 154 valence electrons. The third-order valence-corrected chi connectivity index (χ3v) is 5.41. The molecule has 0 radical (unpaired) electrons. The fourth-order valence-corrected chi connectivity index (χ4v) is 3.69. The van der Waals surface area contributed by atoms with E-state index in [4.69, 9.17) is 5.11 Å². The Morgan fingerprint density at radius 1 is 1.26 bits per heavy atom. The molecule has 1 rings (SSSR count). The monoisotopic (exact) mass is 380 g/mol. The van der Waals surface area contributed by atoms with E-state index in [0.717, 1.165) is 32.1 Å². The van der Waals surface area contributed by atoms with Crippen LogP contribution in [0.3, 0.4) is 0 Å². The summed E-state index contributed by atoms with van der Waals surface area (Å²) in [5.41, 5.74) is 0. The van der Waals surface area contributed by atoms with Crippen molar-refractivity contribution in [3.8, 4) is 0 Å². The molecule has 3 N–H and O–H groups in total. The highest BCUT2D eigenvalue weighted by Crippen LogP contribution is 2.33. The number of Topliss-reactive ketones (excluding diaryl/α,β-unsaturated/α-hetero) is 2. The molecule has 5 nitrogen and oxygen atoms in total. The minimum atomic E-state index is -0.539. The van der Waals surface area contributed by atoms with Crippen LogP contribution in [-0.2, 0) is 9.59 Å². The van der Waals surface area contributed by atoms with Crippen molar-refractivity contribution < 1.29 is 24.9 Å². The first kappa shape index (κ1) is 23.7. The number of carbonyl (C=O) groups excluding carboxylic acids is 2. The largest absolute Gasteiger partial charge is 0.396 e. The van der Waals surface area contributed by atoms with Gasteiger partial charge in [0, 0.05) is 31.3 Å². The van der Waals surface area contributed by atoms with Crippen LogP contribution in [0.25, 0.3) is 0 Å². The Morgan fingerprint density at radius 3 is 2.70 bits per heavy atom. The van der Waals surface area contributed by atoms with Gasteiger partial charge in [0.15, 0.2) is 5.78 Å². The number of aliphatic hydroxyl groups excluding tert-OH is 3. The van der Waals surface area contributed by atoms with E-state index < -0.39 is 6.10 Å². The molecular weight excluding hydrogens is 344 g/mol. The average Bonchev–Trinajstić information content (AvgIpc) is 3.01. The molecule has 0 aromatic carbocycles. The third-order valence-electron chi connectivity index (χ3n) is 5.41. The summed E-state index contributed by atoms with van der Waals surface area (Å²) in [7, 11) is 0. The number of unbranched alkanes of at least 4 members (excludes halogenated alkanes) is 1. The van der Waals surface area contributed by atoms with Crippen molar-refractivity contribution >= 4 is 11.6 Å². The predicted octanol–water partition coefficient (Wildman–Crippen LogP) is 2.98. The van der Waals surface area contributed by atoms with Gasteiger partial charge in [-0.25, -0.2) is 0 Å². The zero-order valence-electron chi connectivity index (χ0n) is 16.6. The zero-order chi connectivity index (χ0) is 20.1. The highest BCUT2D eigenvalue weighted by atomic mass is 16.3. The number of carbonyl (C=O) groups is 2. The normalized spacial score (nSPS) is 22.7. The molecule has 0 heterocycles. The fourth-order valence-electron chi connectivity index (χ4n) is 3.69. The van der Waals surface area contributed by atoms with Crippen molar-refractivity contribution in [2.24, 2.45) is 17.8 Å². The van der Waals surface area contributed by atoms with Crippen LogP contribution >= 0.6 is 0 Å². The van der Waals surface area contributed by atoms with Gasteiger partial charge in [0.25, 0.3) is 0 Å². The van der Waals surface area contributed by atoms with Crippen LogP contribution < -0.4 is 0 Å².